The molecule has 2 unspecified atom stereocenters. The third-order valence-corrected chi connectivity index (χ3v) is 4.45. The predicted octanol–water partition coefficient (Wildman–Crippen LogP) is 4.03. The molecule has 0 amide bonds. The van der Waals surface area contributed by atoms with E-state index in [0.29, 0.717) is 17.9 Å². The average molecular weight is 287 g/mol. The van der Waals surface area contributed by atoms with Crippen LogP contribution in [0.15, 0.2) is 42.5 Å². The van der Waals surface area contributed by atoms with Crippen molar-refractivity contribution < 1.29 is 8.78 Å². The van der Waals surface area contributed by atoms with E-state index < -0.39 is 11.6 Å². The van der Waals surface area contributed by atoms with E-state index in [0.717, 1.165) is 18.9 Å². The van der Waals surface area contributed by atoms with Gasteiger partial charge in [-0.3, -0.25) is 0 Å². The highest BCUT2D eigenvalue weighted by molar-refractivity contribution is 5.33. The highest BCUT2D eigenvalue weighted by Crippen LogP contribution is 2.36. The van der Waals surface area contributed by atoms with Crippen molar-refractivity contribution >= 4 is 0 Å². The Morgan fingerprint density at radius 2 is 1.95 bits per heavy atom. The van der Waals surface area contributed by atoms with Gasteiger partial charge in [0.25, 0.3) is 0 Å². The minimum absolute atomic E-state index is 0.222. The van der Waals surface area contributed by atoms with Crippen LogP contribution in [-0.2, 0) is 12.8 Å². The summed E-state index contributed by atoms with van der Waals surface area (Å²) in [4.78, 5) is 0. The van der Waals surface area contributed by atoms with E-state index in [1.54, 1.807) is 6.07 Å². The first kappa shape index (κ1) is 14.2. The predicted molar refractivity (Wildman–Crippen MR) is 80.1 cm³/mol. The van der Waals surface area contributed by atoms with Gasteiger partial charge in [0.15, 0.2) is 0 Å². The van der Waals surface area contributed by atoms with E-state index >= 15 is 0 Å². The summed E-state index contributed by atoms with van der Waals surface area (Å²) < 4.78 is 26.9. The van der Waals surface area contributed by atoms with Crippen molar-refractivity contribution in [1.82, 2.24) is 5.32 Å². The van der Waals surface area contributed by atoms with Gasteiger partial charge < -0.3 is 5.32 Å². The van der Waals surface area contributed by atoms with E-state index in [2.05, 4.69) is 23.5 Å². The number of fused-ring (bicyclic) bond motifs is 1. The smallest absolute Gasteiger partial charge is 0.129 e. The summed E-state index contributed by atoms with van der Waals surface area (Å²) >= 11 is 0. The zero-order valence-electron chi connectivity index (χ0n) is 12.1. The normalized spacial score (nSPS) is 21.1. The SMILES string of the molecule is CNC1c2ccccc2CCC1Cc1ccc(F)cc1F. The monoisotopic (exact) mass is 287 g/mol. The van der Waals surface area contributed by atoms with Gasteiger partial charge in [-0.25, -0.2) is 8.78 Å². The van der Waals surface area contributed by atoms with Crippen LogP contribution >= 0.6 is 0 Å². The molecule has 1 N–H and O–H groups in total. The van der Waals surface area contributed by atoms with E-state index in [1.807, 2.05) is 13.1 Å². The number of nitrogens with one attached hydrogen (secondary N) is 1. The molecule has 1 aliphatic rings. The Morgan fingerprint density at radius 1 is 1.14 bits per heavy atom. The first-order chi connectivity index (χ1) is 10.2. The maximum Gasteiger partial charge on any atom is 0.129 e. The molecule has 0 spiro atoms. The molecular formula is C18H19F2N. The van der Waals surface area contributed by atoms with Gasteiger partial charge in [-0.05, 0) is 55.0 Å². The topological polar surface area (TPSA) is 12.0 Å². The third kappa shape index (κ3) is 2.84. The summed E-state index contributed by atoms with van der Waals surface area (Å²) in [5.41, 5.74) is 3.27. The second-order valence-electron chi connectivity index (χ2n) is 5.70. The Balaban J connectivity index is 1.86. The zero-order chi connectivity index (χ0) is 14.8. The summed E-state index contributed by atoms with van der Waals surface area (Å²) in [6, 6.07) is 12.5. The molecule has 2 atom stereocenters. The minimum Gasteiger partial charge on any atom is -0.313 e. The highest BCUT2D eigenvalue weighted by atomic mass is 19.1. The second kappa shape index (κ2) is 5.94. The maximum atomic E-state index is 13.9. The van der Waals surface area contributed by atoms with Crippen molar-refractivity contribution in [3.63, 3.8) is 0 Å². The summed E-state index contributed by atoms with van der Waals surface area (Å²) in [5.74, 6) is -0.635. The summed E-state index contributed by atoms with van der Waals surface area (Å²) in [5, 5.41) is 3.36. The number of halogens is 2. The van der Waals surface area contributed by atoms with Crippen molar-refractivity contribution in [3.05, 3.63) is 70.8 Å². The lowest BCUT2D eigenvalue weighted by atomic mass is 9.77. The molecule has 2 aromatic carbocycles. The van der Waals surface area contributed by atoms with Crippen LogP contribution in [0.3, 0.4) is 0 Å². The van der Waals surface area contributed by atoms with Gasteiger partial charge in [-0.15, -0.1) is 0 Å². The Kier molecular flexibility index (Phi) is 4.02. The maximum absolute atomic E-state index is 13.9. The molecule has 0 aromatic heterocycles. The van der Waals surface area contributed by atoms with Crippen molar-refractivity contribution in [1.29, 1.82) is 0 Å². The molecule has 21 heavy (non-hydrogen) atoms. The quantitative estimate of drug-likeness (QED) is 0.898. The first-order valence-corrected chi connectivity index (χ1v) is 7.38. The molecule has 0 saturated carbocycles. The number of benzene rings is 2. The molecular weight excluding hydrogens is 268 g/mol. The van der Waals surface area contributed by atoms with E-state index in [-0.39, 0.29) is 6.04 Å². The molecule has 1 nitrogen and oxygen atoms in total. The fourth-order valence-corrected chi connectivity index (χ4v) is 3.41. The molecule has 0 fully saturated rings. The Labute approximate surface area is 124 Å². The Hall–Kier alpha value is -1.74. The van der Waals surface area contributed by atoms with Crippen LogP contribution in [-0.4, -0.2) is 7.05 Å². The lowest BCUT2D eigenvalue weighted by Gasteiger charge is -2.33. The molecule has 0 saturated heterocycles. The Morgan fingerprint density at radius 3 is 2.71 bits per heavy atom. The molecule has 0 bridgehead atoms. The number of hydrogen-bond donors (Lipinski definition) is 1. The second-order valence-corrected chi connectivity index (χ2v) is 5.70. The molecule has 3 rings (SSSR count). The van der Waals surface area contributed by atoms with Crippen LogP contribution in [0.2, 0.25) is 0 Å². The average Bonchev–Trinajstić information content (AvgIpc) is 2.49. The lowest BCUT2D eigenvalue weighted by Crippen LogP contribution is -2.31. The van der Waals surface area contributed by atoms with Crippen molar-refractivity contribution in [2.45, 2.75) is 25.3 Å². The summed E-state index contributed by atoms with van der Waals surface area (Å²) in [6.07, 6.45) is 2.66. The highest BCUT2D eigenvalue weighted by Gasteiger charge is 2.28. The standard InChI is InChI=1S/C18H19F2N/c1-21-18-14(7-6-12-4-2-3-5-16(12)18)10-13-8-9-15(19)11-17(13)20/h2-5,8-9,11,14,18,21H,6-7,10H2,1H3. The minimum atomic E-state index is -0.518. The van der Waals surface area contributed by atoms with Gasteiger partial charge in [0.05, 0.1) is 0 Å². The van der Waals surface area contributed by atoms with Gasteiger partial charge in [-0.1, -0.05) is 30.3 Å². The summed E-state index contributed by atoms with van der Waals surface area (Å²) in [7, 11) is 1.95. The van der Waals surface area contributed by atoms with Gasteiger partial charge >= 0.3 is 0 Å². The molecule has 0 aliphatic heterocycles. The molecule has 110 valence electrons. The lowest BCUT2D eigenvalue weighted by molar-refractivity contribution is 0.331. The van der Waals surface area contributed by atoms with Gasteiger partial charge in [-0.2, -0.15) is 0 Å². The molecule has 3 heteroatoms. The molecule has 0 heterocycles. The van der Waals surface area contributed by atoms with E-state index in [9.17, 15) is 8.78 Å². The van der Waals surface area contributed by atoms with Crippen LogP contribution in [0.5, 0.6) is 0 Å². The van der Waals surface area contributed by atoms with Gasteiger partial charge in [0.1, 0.15) is 11.6 Å². The number of hydrogen-bond acceptors (Lipinski definition) is 1. The van der Waals surface area contributed by atoms with Crippen molar-refractivity contribution in [3.8, 4) is 0 Å². The summed E-state index contributed by atoms with van der Waals surface area (Å²) in [6.45, 7) is 0. The van der Waals surface area contributed by atoms with Crippen LogP contribution in [0, 0.1) is 17.6 Å². The van der Waals surface area contributed by atoms with Crippen LogP contribution in [0.25, 0.3) is 0 Å². The van der Waals surface area contributed by atoms with Gasteiger partial charge in [0, 0.05) is 12.1 Å². The largest absolute Gasteiger partial charge is 0.313 e. The van der Waals surface area contributed by atoms with Gasteiger partial charge in [0.2, 0.25) is 0 Å². The third-order valence-electron chi connectivity index (χ3n) is 4.45. The number of rotatable bonds is 3. The van der Waals surface area contributed by atoms with Crippen molar-refractivity contribution in [2.75, 3.05) is 7.05 Å². The van der Waals surface area contributed by atoms with E-state index in [4.69, 9.17) is 0 Å². The fraction of sp³-hybridized carbons (Fsp3) is 0.333. The fourth-order valence-electron chi connectivity index (χ4n) is 3.41. The van der Waals surface area contributed by atoms with Crippen LogP contribution in [0.1, 0.15) is 29.2 Å². The van der Waals surface area contributed by atoms with E-state index in [1.165, 1.54) is 17.2 Å². The molecule has 1 aliphatic carbocycles. The molecule has 0 radical (unpaired) electrons. The number of aryl methyl sites for hydroxylation is 1. The first-order valence-electron chi connectivity index (χ1n) is 7.38. The zero-order valence-corrected chi connectivity index (χ0v) is 12.1. The Bertz CT molecular complexity index is 639. The van der Waals surface area contributed by atoms with Crippen LogP contribution < -0.4 is 5.32 Å². The van der Waals surface area contributed by atoms with Crippen LogP contribution in [0.4, 0.5) is 8.78 Å². The van der Waals surface area contributed by atoms with Crippen molar-refractivity contribution in [2.24, 2.45) is 5.92 Å². The molecule has 2 aromatic rings.